The number of carbonyl (C=O) groups is 1. The molecule has 114 valence electrons. The lowest BCUT2D eigenvalue weighted by Crippen LogP contribution is -2.12. The summed E-state index contributed by atoms with van der Waals surface area (Å²) >= 11 is 0. The van der Waals surface area contributed by atoms with E-state index in [4.69, 9.17) is 4.74 Å². The van der Waals surface area contributed by atoms with E-state index in [1.807, 2.05) is 54.6 Å². The van der Waals surface area contributed by atoms with Gasteiger partial charge in [0.2, 0.25) is 0 Å². The Labute approximate surface area is 134 Å². The second kappa shape index (κ2) is 6.75. The molecule has 23 heavy (non-hydrogen) atoms. The van der Waals surface area contributed by atoms with Crippen LogP contribution >= 0.6 is 0 Å². The first kappa shape index (κ1) is 14.8. The predicted octanol–water partition coefficient (Wildman–Crippen LogP) is 4.01. The third-order valence-corrected chi connectivity index (χ3v) is 3.42. The van der Waals surface area contributed by atoms with Gasteiger partial charge in [0.25, 0.3) is 5.91 Å². The second-order valence-electron chi connectivity index (χ2n) is 4.98. The number of methoxy groups -OCH3 is 1. The Morgan fingerprint density at radius 3 is 2.52 bits per heavy atom. The summed E-state index contributed by atoms with van der Waals surface area (Å²) in [5, 5.41) is 2.83. The number of nitrogens with zero attached hydrogens (tertiary/aromatic N) is 1. The Morgan fingerprint density at radius 1 is 1.00 bits per heavy atom. The number of pyridine rings is 1. The van der Waals surface area contributed by atoms with Crippen molar-refractivity contribution in [2.24, 2.45) is 0 Å². The minimum Gasteiger partial charge on any atom is -0.497 e. The number of nitrogens with one attached hydrogen (secondary N) is 1. The monoisotopic (exact) mass is 304 g/mol. The van der Waals surface area contributed by atoms with Crippen LogP contribution in [0.15, 0.2) is 72.9 Å². The first-order valence-corrected chi connectivity index (χ1v) is 7.23. The lowest BCUT2D eigenvalue weighted by atomic mass is 10.1. The van der Waals surface area contributed by atoms with Crippen LogP contribution in [0, 0.1) is 0 Å². The first-order valence-electron chi connectivity index (χ1n) is 7.23. The highest BCUT2D eigenvalue weighted by Gasteiger charge is 2.08. The van der Waals surface area contributed by atoms with Gasteiger partial charge in [0.05, 0.1) is 18.4 Å². The Morgan fingerprint density at radius 2 is 1.83 bits per heavy atom. The summed E-state index contributed by atoms with van der Waals surface area (Å²) in [6.45, 7) is 0. The lowest BCUT2D eigenvalue weighted by Gasteiger charge is -2.07. The zero-order valence-electron chi connectivity index (χ0n) is 12.7. The Balaban J connectivity index is 1.75. The molecule has 0 fully saturated rings. The highest BCUT2D eigenvalue weighted by atomic mass is 16.5. The van der Waals surface area contributed by atoms with Crippen molar-refractivity contribution >= 4 is 11.6 Å². The Kier molecular flexibility index (Phi) is 4.34. The molecule has 4 heteroatoms. The van der Waals surface area contributed by atoms with Crippen molar-refractivity contribution in [2.75, 3.05) is 12.4 Å². The molecule has 3 rings (SSSR count). The van der Waals surface area contributed by atoms with Gasteiger partial charge in [0.15, 0.2) is 0 Å². The van der Waals surface area contributed by atoms with Crippen LogP contribution in [-0.2, 0) is 0 Å². The molecule has 0 atom stereocenters. The van der Waals surface area contributed by atoms with E-state index in [0.717, 1.165) is 11.3 Å². The Hall–Kier alpha value is -3.14. The van der Waals surface area contributed by atoms with E-state index in [9.17, 15) is 4.79 Å². The van der Waals surface area contributed by atoms with Gasteiger partial charge in [-0.3, -0.25) is 9.78 Å². The molecule has 0 aliphatic rings. The lowest BCUT2D eigenvalue weighted by molar-refractivity contribution is 0.102. The van der Waals surface area contributed by atoms with E-state index >= 15 is 0 Å². The van der Waals surface area contributed by atoms with Crippen molar-refractivity contribution in [1.82, 2.24) is 4.98 Å². The molecule has 0 spiro atoms. The van der Waals surface area contributed by atoms with Gasteiger partial charge in [-0.2, -0.15) is 0 Å². The van der Waals surface area contributed by atoms with E-state index in [2.05, 4.69) is 10.3 Å². The third-order valence-electron chi connectivity index (χ3n) is 3.42. The van der Waals surface area contributed by atoms with Crippen molar-refractivity contribution in [3.8, 4) is 17.0 Å². The molecule has 1 heterocycles. The van der Waals surface area contributed by atoms with Gasteiger partial charge in [0, 0.05) is 23.5 Å². The fourth-order valence-corrected chi connectivity index (χ4v) is 2.21. The average Bonchev–Trinajstić information content (AvgIpc) is 2.63. The molecule has 0 aliphatic heterocycles. The maximum absolute atomic E-state index is 12.3. The quantitative estimate of drug-likeness (QED) is 0.792. The number of amides is 1. The molecule has 1 aromatic heterocycles. The number of rotatable bonds is 4. The highest BCUT2D eigenvalue weighted by Crippen LogP contribution is 2.19. The van der Waals surface area contributed by atoms with Gasteiger partial charge in [-0.05, 0) is 24.3 Å². The summed E-state index contributed by atoms with van der Waals surface area (Å²) in [6, 6.07) is 20.7. The summed E-state index contributed by atoms with van der Waals surface area (Å²) in [6.07, 6.45) is 1.58. The number of hydrogen-bond donors (Lipinski definition) is 1. The van der Waals surface area contributed by atoms with Crippen LogP contribution in [0.25, 0.3) is 11.3 Å². The number of anilines is 1. The van der Waals surface area contributed by atoms with E-state index in [-0.39, 0.29) is 5.91 Å². The fraction of sp³-hybridized carbons (Fsp3) is 0.0526. The van der Waals surface area contributed by atoms with E-state index in [0.29, 0.717) is 17.0 Å². The Bertz CT molecular complexity index is 799. The summed E-state index contributed by atoms with van der Waals surface area (Å²) in [5.74, 6) is 0.491. The van der Waals surface area contributed by atoms with Crippen LogP contribution in [0.2, 0.25) is 0 Å². The van der Waals surface area contributed by atoms with E-state index in [1.54, 1.807) is 25.4 Å². The standard InChI is InChI=1S/C19H16N2O2/c1-23-17-9-5-8-16(12-17)21-19(22)15-10-11-18(20-13-15)14-6-3-2-4-7-14/h2-13H,1H3,(H,21,22). The summed E-state index contributed by atoms with van der Waals surface area (Å²) < 4.78 is 5.14. The minimum absolute atomic E-state index is 0.203. The van der Waals surface area contributed by atoms with Crippen LogP contribution in [-0.4, -0.2) is 18.0 Å². The van der Waals surface area contributed by atoms with Crippen LogP contribution in [0.1, 0.15) is 10.4 Å². The molecule has 2 aromatic carbocycles. The molecule has 0 radical (unpaired) electrons. The average molecular weight is 304 g/mol. The van der Waals surface area contributed by atoms with E-state index < -0.39 is 0 Å². The molecule has 1 N–H and O–H groups in total. The topological polar surface area (TPSA) is 51.2 Å². The molecular formula is C19H16N2O2. The first-order chi connectivity index (χ1) is 11.3. The fourth-order valence-electron chi connectivity index (χ4n) is 2.21. The van der Waals surface area contributed by atoms with Gasteiger partial charge < -0.3 is 10.1 Å². The molecular weight excluding hydrogens is 288 g/mol. The predicted molar refractivity (Wildman–Crippen MR) is 90.6 cm³/mol. The summed E-state index contributed by atoms with van der Waals surface area (Å²) in [4.78, 5) is 16.6. The molecule has 3 aromatic rings. The zero-order valence-corrected chi connectivity index (χ0v) is 12.7. The van der Waals surface area contributed by atoms with Gasteiger partial charge in [0.1, 0.15) is 5.75 Å². The molecule has 0 saturated carbocycles. The highest BCUT2D eigenvalue weighted by molar-refractivity contribution is 6.04. The number of hydrogen-bond acceptors (Lipinski definition) is 3. The van der Waals surface area contributed by atoms with Crippen molar-refractivity contribution in [2.45, 2.75) is 0 Å². The smallest absolute Gasteiger partial charge is 0.257 e. The molecule has 0 bridgehead atoms. The maximum atomic E-state index is 12.3. The number of aromatic nitrogens is 1. The maximum Gasteiger partial charge on any atom is 0.257 e. The molecule has 4 nitrogen and oxygen atoms in total. The van der Waals surface area contributed by atoms with Gasteiger partial charge in [-0.15, -0.1) is 0 Å². The van der Waals surface area contributed by atoms with Crippen LogP contribution < -0.4 is 10.1 Å². The number of benzene rings is 2. The largest absolute Gasteiger partial charge is 0.497 e. The van der Waals surface area contributed by atoms with Crippen molar-refractivity contribution < 1.29 is 9.53 Å². The number of ether oxygens (including phenoxy) is 1. The number of carbonyl (C=O) groups excluding carboxylic acids is 1. The van der Waals surface area contributed by atoms with Crippen LogP contribution in [0.5, 0.6) is 5.75 Å². The molecule has 0 saturated heterocycles. The van der Waals surface area contributed by atoms with E-state index in [1.165, 1.54) is 0 Å². The van der Waals surface area contributed by atoms with Crippen LogP contribution in [0.3, 0.4) is 0 Å². The van der Waals surface area contributed by atoms with Crippen molar-refractivity contribution in [3.63, 3.8) is 0 Å². The summed E-state index contributed by atoms with van der Waals surface area (Å²) in [7, 11) is 1.59. The molecule has 0 aliphatic carbocycles. The minimum atomic E-state index is -0.203. The summed E-state index contributed by atoms with van der Waals surface area (Å²) in [5.41, 5.74) is 3.05. The third kappa shape index (κ3) is 3.55. The van der Waals surface area contributed by atoms with Gasteiger partial charge >= 0.3 is 0 Å². The zero-order chi connectivity index (χ0) is 16.1. The SMILES string of the molecule is COc1cccc(NC(=O)c2ccc(-c3ccccc3)nc2)c1. The van der Waals surface area contributed by atoms with Crippen molar-refractivity contribution in [1.29, 1.82) is 0 Å². The second-order valence-corrected chi connectivity index (χ2v) is 4.98. The molecule has 1 amide bonds. The van der Waals surface area contributed by atoms with Crippen LogP contribution in [0.4, 0.5) is 5.69 Å². The molecule has 0 unspecified atom stereocenters. The van der Waals surface area contributed by atoms with Crippen molar-refractivity contribution in [3.05, 3.63) is 78.5 Å². The van der Waals surface area contributed by atoms with Gasteiger partial charge in [-0.1, -0.05) is 36.4 Å². The van der Waals surface area contributed by atoms with Gasteiger partial charge in [-0.25, -0.2) is 0 Å². The normalized spacial score (nSPS) is 10.1.